The molecule has 2 aromatic rings. The Morgan fingerprint density at radius 3 is 2.52 bits per heavy atom. The summed E-state index contributed by atoms with van der Waals surface area (Å²) in [6, 6.07) is 4.54. The van der Waals surface area contributed by atoms with Gasteiger partial charge in [-0.05, 0) is 32.1 Å². The Labute approximate surface area is 153 Å². The zero-order valence-electron chi connectivity index (χ0n) is 14.9. The van der Waals surface area contributed by atoms with E-state index >= 15 is 0 Å². The van der Waals surface area contributed by atoms with E-state index in [0.29, 0.717) is 0 Å². The lowest BCUT2D eigenvalue weighted by Crippen LogP contribution is -2.22. The number of esters is 1. The number of alkyl halides is 3. The SMILES string of the molecule is Cc1nn(C)c(C)c1/C=C/C(=O)OCC(=O)Nc1ccccc1C(F)(F)F. The minimum Gasteiger partial charge on any atom is -0.452 e. The van der Waals surface area contributed by atoms with Gasteiger partial charge in [0.1, 0.15) is 0 Å². The van der Waals surface area contributed by atoms with Crippen molar-refractivity contribution in [1.29, 1.82) is 0 Å². The third kappa shape index (κ3) is 5.19. The third-order valence-corrected chi connectivity index (χ3v) is 3.80. The van der Waals surface area contributed by atoms with Gasteiger partial charge >= 0.3 is 12.1 Å². The number of carbonyl (C=O) groups excluding carboxylic acids is 2. The summed E-state index contributed by atoms with van der Waals surface area (Å²) < 4.78 is 45.1. The molecule has 27 heavy (non-hydrogen) atoms. The molecule has 1 heterocycles. The number of anilines is 1. The van der Waals surface area contributed by atoms with E-state index in [2.05, 4.69) is 10.4 Å². The van der Waals surface area contributed by atoms with Crippen LogP contribution in [0.4, 0.5) is 18.9 Å². The van der Waals surface area contributed by atoms with Crippen LogP contribution in [0.25, 0.3) is 6.08 Å². The van der Waals surface area contributed by atoms with Gasteiger partial charge in [0.2, 0.25) is 0 Å². The lowest BCUT2D eigenvalue weighted by atomic mass is 10.1. The summed E-state index contributed by atoms with van der Waals surface area (Å²) in [6.45, 7) is 2.90. The number of aryl methyl sites for hydroxylation is 2. The fourth-order valence-corrected chi connectivity index (χ4v) is 2.39. The highest BCUT2D eigenvalue weighted by molar-refractivity contribution is 5.95. The molecule has 0 radical (unpaired) electrons. The highest BCUT2D eigenvalue weighted by atomic mass is 19.4. The molecule has 0 atom stereocenters. The molecule has 144 valence electrons. The Bertz CT molecular complexity index is 886. The number of carbonyl (C=O) groups is 2. The maximum atomic E-state index is 12.9. The van der Waals surface area contributed by atoms with Gasteiger partial charge in [-0.3, -0.25) is 9.48 Å². The summed E-state index contributed by atoms with van der Waals surface area (Å²) in [4.78, 5) is 23.5. The van der Waals surface area contributed by atoms with E-state index in [1.807, 2.05) is 6.92 Å². The van der Waals surface area contributed by atoms with Crippen molar-refractivity contribution in [3.05, 3.63) is 52.9 Å². The van der Waals surface area contributed by atoms with Gasteiger partial charge in [0.25, 0.3) is 5.91 Å². The van der Waals surface area contributed by atoms with Crippen LogP contribution in [0.1, 0.15) is 22.5 Å². The summed E-state index contributed by atoms with van der Waals surface area (Å²) in [6.07, 6.45) is -1.96. The first kappa shape index (κ1) is 20.2. The molecule has 1 N–H and O–H groups in total. The van der Waals surface area contributed by atoms with Crippen molar-refractivity contribution in [3.8, 4) is 0 Å². The molecule has 1 amide bonds. The first-order chi connectivity index (χ1) is 12.6. The molecular weight excluding hydrogens is 363 g/mol. The van der Waals surface area contributed by atoms with Gasteiger partial charge in [0, 0.05) is 24.4 Å². The van der Waals surface area contributed by atoms with Crippen LogP contribution in [0.15, 0.2) is 30.3 Å². The average Bonchev–Trinajstić information content (AvgIpc) is 2.83. The van der Waals surface area contributed by atoms with Gasteiger partial charge in [-0.25, -0.2) is 4.79 Å². The van der Waals surface area contributed by atoms with E-state index in [-0.39, 0.29) is 0 Å². The number of hydrogen-bond acceptors (Lipinski definition) is 4. The number of rotatable bonds is 5. The number of amides is 1. The van der Waals surface area contributed by atoms with Crippen LogP contribution in [-0.4, -0.2) is 28.3 Å². The smallest absolute Gasteiger partial charge is 0.418 e. The summed E-state index contributed by atoms with van der Waals surface area (Å²) in [5.74, 6) is -1.67. The highest BCUT2D eigenvalue weighted by Gasteiger charge is 2.33. The molecule has 0 fully saturated rings. The Hall–Kier alpha value is -3.10. The van der Waals surface area contributed by atoms with Crippen LogP contribution in [0.3, 0.4) is 0 Å². The third-order valence-electron chi connectivity index (χ3n) is 3.80. The molecule has 0 aliphatic heterocycles. The quantitative estimate of drug-likeness (QED) is 0.637. The van der Waals surface area contributed by atoms with Crippen molar-refractivity contribution in [2.45, 2.75) is 20.0 Å². The van der Waals surface area contributed by atoms with Crippen molar-refractivity contribution in [2.24, 2.45) is 7.05 Å². The number of hydrogen-bond donors (Lipinski definition) is 1. The molecule has 0 bridgehead atoms. The van der Waals surface area contributed by atoms with Crippen molar-refractivity contribution < 1.29 is 27.5 Å². The lowest BCUT2D eigenvalue weighted by Gasteiger charge is -2.13. The molecule has 0 unspecified atom stereocenters. The maximum Gasteiger partial charge on any atom is 0.418 e. The van der Waals surface area contributed by atoms with Gasteiger partial charge in [-0.2, -0.15) is 18.3 Å². The predicted molar refractivity (Wildman–Crippen MR) is 92.7 cm³/mol. The van der Waals surface area contributed by atoms with E-state index in [1.165, 1.54) is 18.2 Å². The normalized spacial score (nSPS) is 11.6. The number of benzene rings is 1. The first-order valence-electron chi connectivity index (χ1n) is 7.90. The van der Waals surface area contributed by atoms with Crippen LogP contribution >= 0.6 is 0 Å². The molecular formula is C18H18F3N3O3. The highest BCUT2D eigenvalue weighted by Crippen LogP contribution is 2.34. The standard InChI is InChI=1S/C18H18F3N3O3/c1-11-13(12(2)24(3)23-11)8-9-17(26)27-10-16(25)22-15-7-5-4-6-14(15)18(19,20)21/h4-9H,10H2,1-3H3,(H,22,25)/b9-8+. The zero-order valence-corrected chi connectivity index (χ0v) is 14.9. The number of ether oxygens (including phenoxy) is 1. The molecule has 0 aliphatic carbocycles. The molecule has 6 nitrogen and oxygen atoms in total. The molecule has 0 saturated heterocycles. The Morgan fingerprint density at radius 2 is 1.93 bits per heavy atom. The first-order valence-corrected chi connectivity index (χ1v) is 7.90. The Balaban J connectivity index is 1.94. The van der Waals surface area contributed by atoms with E-state index in [9.17, 15) is 22.8 Å². The maximum absolute atomic E-state index is 12.9. The summed E-state index contributed by atoms with van der Waals surface area (Å²) >= 11 is 0. The molecule has 0 saturated carbocycles. The van der Waals surface area contributed by atoms with Crippen molar-refractivity contribution >= 4 is 23.6 Å². The van der Waals surface area contributed by atoms with Crippen LogP contribution in [0.2, 0.25) is 0 Å². The van der Waals surface area contributed by atoms with E-state index in [1.54, 1.807) is 18.7 Å². The van der Waals surface area contributed by atoms with Crippen LogP contribution < -0.4 is 5.32 Å². The number of nitrogens with one attached hydrogen (secondary N) is 1. The Kier molecular flexibility index (Phi) is 6.04. The fourth-order valence-electron chi connectivity index (χ4n) is 2.39. The van der Waals surface area contributed by atoms with Crippen molar-refractivity contribution in [2.75, 3.05) is 11.9 Å². The number of para-hydroxylation sites is 1. The second-order valence-electron chi connectivity index (χ2n) is 5.74. The predicted octanol–water partition coefficient (Wildman–Crippen LogP) is 3.25. The van der Waals surface area contributed by atoms with Gasteiger partial charge < -0.3 is 10.1 Å². The molecule has 9 heteroatoms. The van der Waals surface area contributed by atoms with Crippen LogP contribution in [0, 0.1) is 13.8 Å². The summed E-state index contributed by atoms with van der Waals surface area (Å²) in [7, 11) is 1.76. The Morgan fingerprint density at radius 1 is 1.26 bits per heavy atom. The zero-order chi connectivity index (χ0) is 20.2. The monoisotopic (exact) mass is 381 g/mol. The molecule has 0 spiro atoms. The second kappa shape index (κ2) is 8.07. The number of nitrogens with zero attached hydrogens (tertiary/aromatic N) is 2. The van der Waals surface area contributed by atoms with Crippen molar-refractivity contribution in [3.63, 3.8) is 0 Å². The molecule has 1 aromatic heterocycles. The number of aromatic nitrogens is 2. The van der Waals surface area contributed by atoms with E-state index < -0.39 is 35.9 Å². The van der Waals surface area contributed by atoms with Gasteiger partial charge in [0.15, 0.2) is 6.61 Å². The van der Waals surface area contributed by atoms with Crippen LogP contribution in [0.5, 0.6) is 0 Å². The minimum atomic E-state index is -4.61. The summed E-state index contributed by atoms with van der Waals surface area (Å²) in [5, 5.41) is 6.29. The number of halogens is 3. The molecule has 0 aliphatic rings. The summed E-state index contributed by atoms with van der Waals surface area (Å²) in [5.41, 5.74) is 0.937. The van der Waals surface area contributed by atoms with Crippen LogP contribution in [-0.2, 0) is 27.5 Å². The lowest BCUT2D eigenvalue weighted by molar-refractivity contribution is -0.142. The average molecular weight is 381 g/mol. The molecule has 1 aromatic carbocycles. The van der Waals surface area contributed by atoms with E-state index in [0.717, 1.165) is 35.2 Å². The van der Waals surface area contributed by atoms with E-state index in [4.69, 9.17) is 4.74 Å². The van der Waals surface area contributed by atoms with Crippen molar-refractivity contribution in [1.82, 2.24) is 9.78 Å². The minimum absolute atomic E-state index is 0.400. The van der Waals surface area contributed by atoms with Gasteiger partial charge in [-0.15, -0.1) is 0 Å². The fraction of sp³-hybridized carbons (Fsp3) is 0.278. The topological polar surface area (TPSA) is 73.2 Å². The molecule has 2 rings (SSSR count). The van der Waals surface area contributed by atoms with Gasteiger partial charge in [-0.1, -0.05) is 12.1 Å². The second-order valence-corrected chi connectivity index (χ2v) is 5.74. The largest absolute Gasteiger partial charge is 0.452 e. The van der Waals surface area contributed by atoms with Gasteiger partial charge in [0.05, 0.1) is 16.9 Å².